The van der Waals surface area contributed by atoms with Crippen LogP contribution in [0.3, 0.4) is 0 Å². The monoisotopic (exact) mass is 380 g/mol. The minimum atomic E-state index is -0.0847. The quantitative estimate of drug-likeness (QED) is 0.773. The summed E-state index contributed by atoms with van der Waals surface area (Å²) in [7, 11) is 1.63. The number of para-hydroxylation sites is 2. The van der Waals surface area contributed by atoms with Crippen molar-refractivity contribution in [3.63, 3.8) is 0 Å². The fourth-order valence-electron chi connectivity index (χ4n) is 3.45. The Morgan fingerprint density at radius 3 is 2.64 bits per heavy atom. The first-order chi connectivity index (χ1) is 13.7. The number of carbonyl (C=O) groups excluding carboxylic acids is 2. The van der Waals surface area contributed by atoms with Crippen LogP contribution in [-0.4, -0.2) is 43.0 Å². The van der Waals surface area contributed by atoms with Gasteiger partial charge in [0.2, 0.25) is 11.8 Å². The highest BCUT2D eigenvalue weighted by Gasteiger charge is 2.34. The van der Waals surface area contributed by atoms with Crippen molar-refractivity contribution in [2.24, 2.45) is 0 Å². The molecular weight excluding hydrogens is 356 g/mol. The van der Waals surface area contributed by atoms with Crippen molar-refractivity contribution >= 4 is 17.5 Å². The van der Waals surface area contributed by atoms with Crippen LogP contribution in [0.15, 0.2) is 48.5 Å². The predicted molar refractivity (Wildman–Crippen MR) is 105 cm³/mol. The molecule has 2 amide bonds. The first-order valence-electron chi connectivity index (χ1n) is 9.60. The molecular formula is C22H24N2O4. The second kappa shape index (κ2) is 7.92. The highest BCUT2D eigenvalue weighted by molar-refractivity contribution is 6.00. The summed E-state index contributed by atoms with van der Waals surface area (Å²) in [5.41, 5.74) is 1.71. The average Bonchev–Trinajstić information content (AvgIpc) is 3.56. The van der Waals surface area contributed by atoms with Gasteiger partial charge < -0.3 is 14.4 Å². The molecule has 0 aromatic heterocycles. The molecule has 0 bridgehead atoms. The van der Waals surface area contributed by atoms with Gasteiger partial charge in [-0.25, -0.2) is 0 Å². The topological polar surface area (TPSA) is 59.1 Å². The second-order valence-electron chi connectivity index (χ2n) is 7.15. The number of nitrogens with zero attached hydrogens (tertiary/aromatic N) is 2. The number of hydrogen-bond donors (Lipinski definition) is 0. The van der Waals surface area contributed by atoms with Crippen molar-refractivity contribution in [2.75, 3.05) is 25.2 Å². The molecule has 0 N–H and O–H groups in total. The van der Waals surface area contributed by atoms with Gasteiger partial charge >= 0.3 is 0 Å². The van der Waals surface area contributed by atoms with E-state index in [-0.39, 0.29) is 30.8 Å². The summed E-state index contributed by atoms with van der Waals surface area (Å²) >= 11 is 0. The Labute approximate surface area is 164 Å². The van der Waals surface area contributed by atoms with E-state index in [9.17, 15) is 9.59 Å². The largest absolute Gasteiger partial charge is 0.497 e. The number of methoxy groups -OCH3 is 1. The summed E-state index contributed by atoms with van der Waals surface area (Å²) in [6.07, 6.45) is 2.29. The Morgan fingerprint density at radius 2 is 1.93 bits per heavy atom. The van der Waals surface area contributed by atoms with E-state index in [1.54, 1.807) is 12.0 Å². The number of fused-ring (bicyclic) bond motifs is 1. The molecule has 1 aliphatic carbocycles. The van der Waals surface area contributed by atoms with Gasteiger partial charge in [-0.1, -0.05) is 24.3 Å². The third-order valence-corrected chi connectivity index (χ3v) is 5.14. The number of rotatable bonds is 6. The van der Waals surface area contributed by atoms with Gasteiger partial charge in [-0.15, -0.1) is 0 Å². The highest BCUT2D eigenvalue weighted by Crippen LogP contribution is 2.33. The van der Waals surface area contributed by atoms with Crippen LogP contribution in [0.25, 0.3) is 0 Å². The van der Waals surface area contributed by atoms with Crippen LogP contribution in [0.1, 0.15) is 24.8 Å². The Balaban J connectivity index is 1.52. The fourth-order valence-corrected chi connectivity index (χ4v) is 3.45. The molecule has 0 saturated heterocycles. The SMILES string of the molecule is COc1ccc(CN(C(=O)CN2C(=O)CCOc3ccccc32)C2CC2)cc1. The highest BCUT2D eigenvalue weighted by atomic mass is 16.5. The Hall–Kier alpha value is -3.02. The number of carbonyl (C=O) groups is 2. The zero-order valence-electron chi connectivity index (χ0n) is 16.0. The summed E-state index contributed by atoms with van der Waals surface area (Å²) in [6.45, 7) is 0.901. The smallest absolute Gasteiger partial charge is 0.243 e. The van der Waals surface area contributed by atoms with E-state index in [1.807, 2.05) is 53.4 Å². The molecule has 1 saturated carbocycles. The van der Waals surface area contributed by atoms with Gasteiger partial charge in [-0.2, -0.15) is 0 Å². The standard InChI is InChI=1S/C22H24N2O4/c1-27-18-10-6-16(7-11-18)14-23(17-8-9-17)22(26)15-24-19-4-2-3-5-20(19)28-13-12-21(24)25/h2-7,10-11,17H,8-9,12-15H2,1H3. The van der Waals surface area contributed by atoms with Gasteiger partial charge in [-0.3, -0.25) is 14.5 Å². The molecule has 0 unspecified atom stereocenters. The molecule has 2 aromatic rings. The van der Waals surface area contributed by atoms with Gasteiger partial charge in [0, 0.05) is 12.6 Å². The molecule has 0 spiro atoms. The van der Waals surface area contributed by atoms with E-state index in [1.165, 1.54) is 0 Å². The third kappa shape index (κ3) is 3.96. The second-order valence-corrected chi connectivity index (χ2v) is 7.15. The zero-order valence-corrected chi connectivity index (χ0v) is 16.0. The number of benzene rings is 2. The normalized spacial score (nSPS) is 16.0. The maximum absolute atomic E-state index is 13.2. The molecule has 6 heteroatoms. The Kier molecular flexibility index (Phi) is 5.19. The van der Waals surface area contributed by atoms with E-state index in [2.05, 4.69) is 0 Å². The van der Waals surface area contributed by atoms with Crippen LogP contribution in [0.5, 0.6) is 11.5 Å². The van der Waals surface area contributed by atoms with Crippen LogP contribution < -0.4 is 14.4 Å². The van der Waals surface area contributed by atoms with E-state index in [0.717, 1.165) is 24.2 Å². The van der Waals surface area contributed by atoms with Crippen LogP contribution in [0.4, 0.5) is 5.69 Å². The summed E-state index contributed by atoms with van der Waals surface area (Å²) < 4.78 is 10.9. The van der Waals surface area contributed by atoms with Crippen molar-refractivity contribution in [1.29, 1.82) is 0 Å². The summed E-state index contributed by atoms with van der Waals surface area (Å²) in [5, 5.41) is 0. The van der Waals surface area contributed by atoms with Crippen molar-refractivity contribution < 1.29 is 19.1 Å². The van der Waals surface area contributed by atoms with E-state index < -0.39 is 0 Å². The summed E-state index contributed by atoms with van der Waals surface area (Å²) in [4.78, 5) is 29.2. The number of anilines is 1. The minimum Gasteiger partial charge on any atom is -0.497 e. The molecule has 6 nitrogen and oxygen atoms in total. The van der Waals surface area contributed by atoms with Gasteiger partial charge in [0.25, 0.3) is 0 Å². The molecule has 1 aliphatic heterocycles. The van der Waals surface area contributed by atoms with E-state index in [0.29, 0.717) is 24.6 Å². The van der Waals surface area contributed by atoms with Crippen LogP contribution in [0.2, 0.25) is 0 Å². The van der Waals surface area contributed by atoms with Crippen molar-refractivity contribution in [3.8, 4) is 11.5 Å². The van der Waals surface area contributed by atoms with Crippen LogP contribution >= 0.6 is 0 Å². The minimum absolute atomic E-state index is 0.0336. The first kappa shape index (κ1) is 18.3. The number of ether oxygens (including phenoxy) is 2. The molecule has 0 atom stereocenters. The molecule has 1 heterocycles. The average molecular weight is 380 g/mol. The lowest BCUT2D eigenvalue weighted by Crippen LogP contribution is -2.43. The van der Waals surface area contributed by atoms with Crippen LogP contribution in [-0.2, 0) is 16.1 Å². The molecule has 146 valence electrons. The number of amides is 2. The van der Waals surface area contributed by atoms with E-state index >= 15 is 0 Å². The molecule has 4 rings (SSSR count). The lowest BCUT2D eigenvalue weighted by atomic mass is 10.2. The Bertz CT molecular complexity index is 861. The maximum atomic E-state index is 13.2. The summed E-state index contributed by atoms with van der Waals surface area (Å²) in [5.74, 6) is 1.32. The van der Waals surface area contributed by atoms with Gasteiger partial charge in [0.05, 0.1) is 25.8 Å². The molecule has 2 aliphatic rings. The van der Waals surface area contributed by atoms with Crippen molar-refractivity contribution in [3.05, 3.63) is 54.1 Å². The molecule has 0 radical (unpaired) electrons. The van der Waals surface area contributed by atoms with Gasteiger partial charge in [-0.05, 0) is 42.7 Å². The van der Waals surface area contributed by atoms with Crippen molar-refractivity contribution in [2.45, 2.75) is 31.8 Å². The third-order valence-electron chi connectivity index (χ3n) is 5.14. The maximum Gasteiger partial charge on any atom is 0.243 e. The number of hydrogen-bond acceptors (Lipinski definition) is 4. The lowest BCUT2D eigenvalue weighted by Gasteiger charge is -2.27. The van der Waals surface area contributed by atoms with Gasteiger partial charge in [0.15, 0.2) is 0 Å². The molecule has 28 heavy (non-hydrogen) atoms. The molecule has 1 fully saturated rings. The predicted octanol–water partition coefficient (Wildman–Crippen LogP) is 3.00. The lowest BCUT2D eigenvalue weighted by molar-refractivity contribution is -0.132. The summed E-state index contributed by atoms with van der Waals surface area (Å²) in [6, 6.07) is 15.4. The Morgan fingerprint density at radius 1 is 1.18 bits per heavy atom. The van der Waals surface area contributed by atoms with E-state index in [4.69, 9.17) is 9.47 Å². The van der Waals surface area contributed by atoms with Crippen molar-refractivity contribution in [1.82, 2.24) is 4.90 Å². The molecule has 2 aromatic carbocycles. The zero-order chi connectivity index (χ0) is 19.5. The first-order valence-corrected chi connectivity index (χ1v) is 9.60. The fraction of sp³-hybridized carbons (Fsp3) is 0.364. The van der Waals surface area contributed by atoms with Crippen LogP contribution in [0, 0.1) is 0 Å². The van der Waals surface area contributed by atoms with Gasteiger partial charge in [0.1, 0.15) is 18.0 Å².